The Morgan fingerprint density at radius 1 is 1.45 bits per heavy atom. The van der Waals surface area contributed by atoms with E-state index in [2.05, 4.69) is 23.6 Å². The van der Waals surface area contributed by atoms with Crippen LogP contribution in [0.3, 0.4) is 0 Å². The molecule has 0 radical (unpaired) electrons. The van der Waals surface area contributed by atoms with Crippen molar-refractivity contribution >= 4 is 11.5 Å². The van der Waals surface area contributed by atoms with E-state index in [1.165, 1.54) is 6.92 Å². The highest BCUT2D eigenvalue weighted by molar-refractivity contribution is 6.19. The fraction of sp³-hybridized carbons (Fsp3) is 0.423. The number of hydrogen-bond donors (Lipinski definition) is 1. The van der Waals surface area contributed by atoms with Gasteiger partial charge < -0.3 is 18.9 Å². The first-order valence-electron chi connectivity index (χ1n) is 11.0. The van der Waals surface area contributed by atoms with Crippen molar-refractivity contribution in [2.24, 2.45) is 5.92 Å². The van der Waals surface area contributed by atoms with E-state index in [1.807, 2.05) is 20.8 Å². The lowest BCUT2D eigenvalue weighted by Crippen LogP contribution is -2.25. The number of carbonyl (C=O) groups is 1. The van der Waals surface area contributed by atoms with Gasteiger partial charge in [0, 0.05) is 41.9 Å². The SMILES string of the molecule is C=CCCn1cc(C#C[C@@](C)(O)c2cc(C)on2)c2c(c1=O)CC(C)=C2C(=O)OCC(C)C. The second-order valence-electron chi connectivity index (χ2n) is 8.94. The Labute approximate surface area is 193 Å². The van der Waals surface area contributed by atoms with Gasteiger partial charge in [-0.1, -0.05) is 42.5 Å². The minimum atomic E-state index is -1.58. The van der Waals surface area contributed by atoms with Gasteiger partial charge in [-0.3, -0.25) is 4.79 Å². The minimum absolute atomic E-state index is 0.165. The first-order chi connectivity index (χ1) is 15.5. The number of esters is 1. The third kappa shape index (κ3) is 5.18. The number of ether oxygens (including phenoxy) is 1. The van der Waals surface area contributed by atoms with E-state index in [1.54, 1.807) is 29.8 Å². The molecule has 7 heteroatoms. The van der Waals surface area contributed by atoms with Gasteiger partial charge in [-0.05, 0) is 33.1 Å². The van der Waals surface area contributed by atoms with Gasteiger partial charge >= 0.3 is 5.97 Å². The molecular weight excluding hydrogens is 420 g/mol. The maximum atomic E-state index is 13.2. The van der Waals surface area contributed by atoms with Gasteiger partial charge in [0.1, 0.15) is 11.5 Å². The summed E-state index contributed by atoms with van der Waals surface area (Å²) in [4.78, 5) is 26.1. The predicted octanol–water partition coefficient (Wildman–Crippen LogP) is 3.51. The Hall–Kier alpha value is -3.37. The van der Waals surface area contributed by atoms with Gasteiger partial charge in [-0.15, -0.1) is 6.58 Å². The molecule has 174 valence electrons. The van der Waals surface area contributed by atoms with Gasteiger partial charge in [0.15, 0.2) is 5.60 Å². The van der Waals surface area contributed by atoms with Crippen LogP contribution in [0, 0.1) is 24.7 Å². The molecule has 0 fully saturated rings. The third-order valence-corrected chi connectivity index (χ3v) is 5.39. The van der Waals surface area contributed by atoms with Crippen molar-refractivity contribution in [1.29, 1.82) is 0 Å². The molecular formula is C26H30N2O5. The molecule has 0 aromatic carbocycles. The van der Waals surface area contributed by atoms with Crippen LogP contribution in [0.5, 0.6) is 0 Å². The summed E-state index contributed by atoms with van der Waals surface area (Å²) in [7, 11) is 0. The van der Waals surface area contributed by atoms with Crippen molar-refractivity contribution in [3.63, 3.8) is 0 Å². The van der Waals surface area contributed by atoms with Gasteiger partial charge in [0.05, 0.1) is 12.2 Å². The molecule has 0 unspecified atom stereocenters. The standard InChI is InChI=1S/C26H30N2O5/c1-7-8-11-28-14-19(9-10-26(6,31)21-13-18(5)33-27-21)23-20(24(28)29)12-17(4)22(23)25(30)32-15-16(2)3/h7,13-14,16,31H,1,8,11-12,15H2,2-6H3/t26-/m1/s1. The molecule has 1 aliphatic carbocycles. The van der Waals surface area contributed by atoms with Crippen LogP contribution in [-0.2, 0) is 28.1 Å². The van der Waals surface area contributed by atoms with Crippen LogP contribution in [0.25, 0.3) is 5.57 Å². The van der Waals surface area contributed by atoms with Crippen LogP contribution < -0.4 is 5.56 Å². The van der Waals surface area contributed by atoms with Crippen LogP contribution in [0.15, 0.2) is 39.8 Å². The summed E-state index contributed by atoms with van der Waals surface area (Å²) in [5.74, 6) is 6.10. The molecule has 2 aromatic rings. The lowest BCUT2D eigenvalue weighted by Gasteiger charge is -2.15. The Bertz CT molecular complexity index is 1230. The molecule has 7 nitrogen and oxygen atoms in total. The number of hydrogen-bond acceptors (Lipinski definition) is 6. The van der Waals surface area contributed by atoms with E-state index in [0.29, 0.717) is 47.4 Å². The summed E-state index contributed by atoms with van der Waals surface area (Å²) < 4.78 is 12.1. The Morgan fingerprint density at radius 3 is 2.79 bits per heavy atom. The van der Waals surface area contributed by atoms with Crippen LogP contribution in [0.4, 0.5) is 0 Å². The summed E-state index contributed by atoms with van der Waals surface area (Å²) in [6.07, 6.45) is 4.33. The number of aromatic nitrogens is 2. The lowest BCUT2D eigenvalue weighted by atomic mass is 9.98. The lowest BCUT2D eigenvalue weighted by molar-refractivity contribution is -0.137. The average molecular weight is 451 g/mol. The first-order valence-corrected chi connectivity index (χ1v) is 11.0. The fourth-order valence-electron chi connectivity index (χ4n) is 3.67. The molecule has 1 atom stereocenters. The first kappa shape index (κ1) is 24.3. The molecule has 0 saturated heterocycles. The molecule has 1 N–H and O–H groups in total. The Kier molecular flexibility index (Phi) is 7.09. The molecule has 2 aromatic heterocycles. The van der Waals surface area contributed by atoms with Crippen LogP contribution in [0.1, 0.15) is 62.3 Å². The Morgan fingerprint density at radius 2 is 2.18 bits per heavy atom. The largest absolute Gasteiger partial charge is 0.462 e. The topological polar surface area (TPSA) is 94.6 Å². The van der Waals surface area contributed by atoms with E-state index < -0.39 is 11.6 Å². The molecule has 33 heavy (non-hydrogen) atoms. The summed E-state index contributed by atoms with van der Waals surface area (Å²) >= 11 is 0. The van der Waals surface area contributed by atoms with Gasteiger partial charge in [-0.2, -0.15) is 0 Å². The quantitative estimate of drug-likeness (QED) is 0.394. The van der Waals surface area contributed by atoms with Crippen molar-refractivity contribution in [3.05, 3.63) is 69.0 Å². The molecule has 1 aliphatic rings. The average Bonchev–Trinajstić information content (AvgIpc) is 3.34. The summed E-state index contributed by atoms with van der Waals surface area (Å²) in [5.41, 5.74) is 1.15. The summed E-state index contributed by atoms with van der Waals surface area (Å²) in [5, 5.41) is 14.7. The highest BCUT2D eigenvalue weighted by Crippen LogP contribution is 2.34. The van der Waals surface area contributed by atoms with Crippen molar-refractivity contribution in [1.82, 2.24) is 9.72 Å². The summed E-state index contributed by atoms with van der Waals surface area (Å²) in [6.45, 7) is 13.4. The van der Waals surface area contributed by atoms with Crippen LogP contribution in [0.2, 0.25) is 0 Å². The van der Waals surface area contributed by atoms with Gasteiger partial charge in [0.25, 0.3) is 5.56 Å². The predicted molar refractivity (Wildman–Crippen MR) is 125 cm³/mol. The summed E-state index contributed by atoms with van der Waals surface area (Å²) in [6, 6.07) is 1.61. The maximum Gasteiger partial charge on any atom is 0.338 e. The molecule has 0 aliphatic heterocycles. The van der Waals surface area contributed by atoms with E-state index >= 15 is 0 Å². The van der Waals surface area contributed by atoms with Crippen molar-refractivity contribution < 1.29 is 19.2 Å². The van der Waals surface area contributed by atoms with Gasteiger partial charge in [-0.25, -0.2) is 4.79 Å². The molecule has 0 bridgehead atoms. The van der Waals surface area contributed by atoms with E-state index in [4.69, 9.17) is 9.26 Å². The number of fused-ring (bicyclic) bond motifs is 1. The van der Waals surface area contributed by atoms with Crippen LogP contribution >= 0.6 is 0 Å². The smallest absolute Gasteiger partial charge is 0.338 e. The number of aliphatic hydroxyl groups is 1. The number of allylic oxidation sites excluding steroid dienone is 2. The third-order valence-electron chi connectivity index (χ3n) is 5.39. The van der Waals surface area contributed by atoms with E-state index in [-0.39, 0.29) is 23.8 Å². The Balaban J connectivity index is 2.14. The zero-order valence-corrected chi connectivity index (χ0v) is 19.8. The van der Waals surface area contributed by atoms with Gasteiger partial charge in [0.2, 0.25) is 0 Å². The molecule has 2 heterocycles. The zero-order valence-electron chi connectivity index (χ0n) is 19.8. The van der Waals surface area contributed by atoms with Crippen LogP contribution in [-0.4, -0.2) is 27.4 Å². The van der Waals surface area contributed by atoms with Crippen molar-refractivity contribution in [3.8, 4) is 11.8 Å². The zero-order chi connectivity index (χ0) is 24.3. The number of aryl methyl sites for hydroxylation is 2. The second kappa shape index (κ2) is 9.63. The van der Waals surface area contributed by atoms with E-state index in [9.17, 15) is 14.7 Å². The minimum Gasteiger partial charge on any atom is -0.462 e. The monoisotopic (exact) mass is 450 g/mol. The van der Waals surface area contributed by atoms with Crippen molar-refractivity contribution in [2.75, 3.05) is 6.61 Å². The number of pyridine rings is 1. The second-order valence-corrected chi connectivity index (χ2v) is 8.94. The molecule has 3 rings (SSSR count). The highest BCUT2D eigenvalue weighted by atomic mass is 16.5. The molecule has 0 spiro atoms. The normalized spacial score (nSPS) is 14.5. The fourth-order valence-corrected chi connectivity index (χ4v) is 3.67. The number of rotatable bonds is 7. The molecule has 0 amide bonds. The highest BCUT2D eigenvalue weighted by Gasteiger charge is 2.32. The van der Waals surface area contributed by atoms with Crippen molar-refractivity contribution in [2.45, 2.75) is 59.6 Å². The maximum absolute atomic E-state index is 13.2. The molecule has 0 saturated carbocycles. The van der Waals surface area contributed by atoms with E-state index in [0.717, 1.165) is 5.57 Å². The number of carbonyl (C=O) groups excluding carboxylic acids is 1. The number of nitrogens with zero attached hydrogens (tertiary/aromatic N) is 2.